The predicted octanol–water partition coefficient (Wildman–Crippen LogP) is 4.02. The van der Waals surface area contributed by atoms with E-state index >= 15 is 0 Å². The molecule has 8 heteroatoms. The number of rotatable bonds is 6. The number of esters is 1. The Hall–Kier alpha value is -2.19. The third-order valence-electron chi connectivity index (χ3n) is 3.65. The molecule has 2 aromatic rings. The zero-order valence-corrected chi connectivity index (χ0v) is 17.6. The molecule has 0 aliphatic carbocycles. The molecule has 0 saturated carbocycles. The summed E-state index contributed by atoms with van der Waals surface area (Å²) in [5.41, 5.74) is -0.246. The zero-order valence-electron chi connectivity index (χ0n) is 15.2. The third-order valence-corrected chi connectivity index (χ3v) is 5.57. The van der Waals surface area contributed by atoms with Gasteiger partial charge in [-0.15, -0.1) is 0 Å². The van der Waals surface area contributed by atoms with Crippen LogP contribution in [0.5, 0.6) is 0 Å². The number of Topliss-reactive ketones (excluding diaryl/α,β-unsaturated/α-hetero) is 1. The van der Waals surface area contributed by atoms with Gasteiger partial charge in [0.15, 0.2) is 12.4 Å². The Bertz CT molecular complexity index is 947. The number of carbonyl (C=O) groups excluding carboxylic acids is 2. The topological polar surface area (TPSA) is 89.5 Å². The fourth-order valence-corrected chi connectivity index (χ4v) is 3.28. The number of benzene rings is 2. The normalized spacial score (nSPS) is 11.7. The molecule has 0 radical (unpaired) electrons. The summed E-state index contributed by atoms with van der Waals surface area (Å²) >= 11 is 3.25. The standard InChI is InChI=1S/C19H20BrNO5S/c1-19(2,3)17(22)12-26-18(23)13-5-4-6-15(11-13)21-27(24,25)16-9-7-14(20)8-10-16/h4-11,21H,12H2,1-3H3. The second-order valence-corrected chi connectivity index (χ2v) is 9.49. The lowest BCUT2D eigenvalue weighted by Gasteiger charge is -2.16. The van der Waals surface area contributed by atoms with Crippen LogP contribution in [0.2, 0.25) is 0 Å². The quantitative estimate of drug-likeness (QED) is 0.666. The Kier molecular flexibility index (Phi) is 6.43. The van der Waals surface area contributed by atoms with Crippen LogP contribution in [0.3, 0.4) is 0 Å². The number of nitrogens with one attached hydrogen (secondary N) is 1. The summed E-state index contributed by atoms with van der Waals surface area (Å²) in [4.78, 5) is 24.1. The number of anilines is 1. The lowest BCUT2D eigenvalue weighted by molar-refractivity contribution is -0.129. The molecule has 27 heavy (non-hydrogen) atoms. The van der Waals surface area contributed by atoms with Crippen LogP contribution in [0.4, 0.5) is 5.69 Å². The van der Waals surface area contributed by atoms with Gasteiger partial charge in [-0.05, 0) is 42.5 Å². The summed E-state index contributed by atoms with van der Waals surface area (Å²) in [5, 5.41) is 0. The van der Waals surface area contributed by atoms with Crippen molar-refractivity contribution in [3.05, 3.63) is 58.6 Å². The van der Waals surface area contributed by atoms with Crippen molar-refractivity contribution in [2.24, 2.45) is 5.41 Å². The Balaban J connectivity index is 2.11. The van der Waals surface area contributed by atoms with Gasteiger partial charge < -0.3 is 4.74 Å². The van der Waals surface area contributed by atoms with Crippen LogP contribution >= 0.6 is 15.9 Å². The van der Waals surface area contributed by atoms with Crippen molar-refractivity contribution in [1.29, 1.82) is 0 Å². The van der Waals surface area contributed by atoms with Crippen molar-refractivity contribution in [3.8, 4) is 0 Å². The second-order valence-electron chi connectivity index (χ2n) is 6.89. The van der Waals surface area contributed by atoms with Crippen molar-refractivity contribution in [1.82, 2.24) is 0 Å². The van der Waals surface area contributed by atoms with E-state index in [1.165, 1.54) is 36.4 Å². The number of carbonyl (C=O) groups is 2. The predicted molar refractivity (Wildman–Crippen MR) is 106 cm³/mol. The molecule has 0 aliphatic rings. The first-order chi connectivity index (χ1) is 12.5. The summed E-state index contributed by atoms with van der Waals surface area (Å²) in [7, 11) is -3.79. The van der Waals surface area contributed by atoms with Gasteiger partial charge in [-0.3, -0.25) is 9.52 Å². The lowest BCUT2D eigenvalue weighted by Crippen LogP contribution is -2.26. The highest BCUT2D eigenvalue weighted by Crippen LogP contribution is 2.20. The molecule has 0 aliphatic heterocycles. The first-order valence-corrected chi connectivity index (χ1v) is 10.4. The summed E-state index contributed by atoms with van der Waals surface area (Å²) in [6.07, 6.45) is 0. The molecule has 1 N–H and O–H groups in total. The van der Waals surface area contributed by atoms with E-state index in [2.05, 4.69) is 20.7 Å². The van der Waals surface area contributed by atoms with Gasteiger partial charge in [0, 0.05) is 15.6 Å². The van der Waals surface area contributed by atoms with E-state index < -0.39 is 21.4 Å². The number of hydrogen-bond acceptors (Lipinski definition) is 5. The van der Waals surface area contributed by atoms with Crippen LogP contribution in [-0.4, -0.2) is 26.8 Å². The largest absolute Gasteiger partial charge is 0.454 e. The van der Waals surface area contributed by atoms with E-state index in [1.807, 2.05) is 0 Å². The molecule has 0 amide bonds. The Morgan fingerprint density at radius 1 is 1.07 bits per heavy atom. The molecule has 2 rings (SSSR count). The fourth-order valence-electron chi connectivity index (χ4n) is 1.97. The maximum Gasteiger partial charge on any atom is 0.338 e. The van der Waals surface area contributed by atoms with E-state index in [0.29, 0.717) is 0 Å². The second kappa shape index (κ2) is 8.22. The Morgan fingerprint density at radius 3 is 2.30 bits per heavy atom. The van der Waals surface area contributed by atoms with Gasteiger partial charge in [0.05, 0.1) is 10.5 Å². The maximum atomic E-state index is 12.4. The van der Waals surface area contributed by atoms with Crippen molar-refractivity contribution >= 4 is 43.4 Å². The van der Waals surface area contributed by atoms with Crippen molar-refractivity contribution in [2.75, 3.05) is 11.3 Å². The molecule has 0 heterocycles. The van der Waals surface area contributed by atoms with E-state index in [0.717, 1.165) is 4.47 Å². The van der Waals surface area contributed by atoms with Crippen LogP contribution in [0.25, 0.3) is 0 Å². The minimum Gasteiger partial charge on any atom is -0.454 e. The van der Waals surface area contributed by atoms with Crippen LogP contribution in [0, 0.1) is 5.41 Å². The minimum atomic E-state index is -3.79. The highest BCUT2D eigenvalue weighted by atomic mass is 79.9. The highest BCUT2D eigenvalue weighted by Gasteiger charge is 2.23. The maximum absolute atomic E-state index is 12.4. The van der Waals surface area contributed by atoms with Gasteiger partial charge in [0.2, 0.25) is 0 Å². The van der Waals surface area contributed by atoms with Gasteiger partial charge in [-0.1, -0.05) is 42.8 Å². The van der Waals surface area contributed by atoms with Crippen LogP contribution < -0.4 is 4.72 Å². The molecule has 0 unspecified atom stereocenters. The molecule has 0 atom stereocenters. The summed E-state index contributed by atoms with van der Waals surface area (Å²) in [6, 6.07) is 12.1. The van der Waals surface area contributed by atoms with Gasteiger partial charge in [0.1, 0.15) is 0 Å². The van der Waals surface area contributed by atoms with Gasteiger partial charge in [0.25, 0.3) is 10.0 Å². The smallest absolute Gasteiger partial charge is 0.338 e. The van der Waals surface area contributed by atoms with E-state index in [1.54, 1.807) is 32.9 Å². The SMILES string of the molecule is CC(C)(C)C(=O)COC(=O)c1cccc(NS(=O)(=O)c2ccc(Br)cc2)c1. The molecule has 2 aromatic carbocycles. The minimum absolute atomic E-state index is 0.0921. The van der Waals surface area contributed by atoms with Crippen molar-refractivity contribution < 1.29 is 22.7 Å². The van der Waals surface area contributed by atoms with Gasteiger partial charge in [-0.2, -0.15) is 0 Å². The third kappa shape index (κ3) is 5.90. The van der Waals surface area contributed by atoms with Crippen LogP contribution in [0.15, 0.2) is 57.9 Å². The van der Waals surface area contributed by atoms with E-state index in [9.17, 15) is 18.0 Å². The number of ketones is 1. The molecule has 0 saturated heterocycles. The molecule has 0 bridgehead atoms. The molecule has 0 aromatic heterocycles. The first-order valence-electron chi connectivity index (χ1n) is 8.08. The van der Waals surface area contributed by atoms with Crippen LogP contribution in [0.1, 0.15) is 31.1 Å². The Labute approximate surface area is 167 Å². The van der Waals surface area contributed by atoms with E-state index in [4.69, 9.17) is 4.74 Å². The zero-order chi connectivity index (χ0) is 20.2. The lowest BCUT2D eigenvalue weighted by atomic mass is 9.91. The molecular formula is C19H20BrNO5S. The average molecular weight is 454 g/mol. The number of sulfonamides is 1. The monoisotopic (exact) mass is 453 g/mol. The highest BCUT2D eigenvalue weighted by molar-refractivity contribution is 9.10. The fraction of sp³-hybridized carbons (Fsp3) is 0.263. The summed E-state index contributed by atoms with van der Waals surface area (Å²) in [5.74, 6) is -0.903. The molecule has 6 nitrogen and oxygen atoms in total. The van der Waals surface area contributed by atoms with Crippen molar-refractivity contribution in [2.45, 2.75) is 25.7 Å². The number of hydrogen-bond donors (Lipinski definition) is 1. The molecular weight excluding hydrogens is 434 g/mol. The number of halogens is 1. The van der Waals surface area contributed by atoms with E-state index in [-0.39, 0.29) is 28.5 Å². The number of ether oxygens (including phenoxy) is 1. The first kappa shape index (κ1) is 21.1. The van der Waals surface area contributed by atoms with Crippen LogP contribution in [-0.2, 0) is 19.6 Å². The Morgan fingerprint density at radius 2 is 1.70 bits per heavy atom. The molecule has 144 valence electrons. The summed E-state index contributed by atoms with van der Waals surface area (Å²) in [6.45, 7) is 4.87. The molecule has 0 spiro atoms. The van der Waals surface area contributed by atoms with Crippen molar-refractivity contribution in [3.63, 3.8) is 0 Å². The summed E-state index contributed by atoms with van der Waals surface area (Å²) < 4.78 is 33.1. The molecule has 0 fully saturated rings. The van der Waals surface area contributed by atoms with Gasteiger partial charge >= 0.3 is 5.97 Å². The van der Waals surface area contributed by atoms with Gasteiger partial charge in [-0.25, -0.2) is 13.2 Å². The average Bonchev–Trinajstić information content (AvgIpc) is 2.58.